The number of aryl methyl sites for hydroxylation is 1. The number of fused-ring (bicyclic) bond motifs is 1. The van der Waals surface area contributed by atoms with E-state index in [0.29, 0.717) is 0 Å². The van der Waals surface area contributed by atoms with Crippen molar-refractivity contribution in [2.45, 2.75) is 13.5 Å². The molecule has 2 aromatic heterocycles. The van der Waals surface area contributed by atoms with E-state index in [4.69, 9.17) is 0 Å². The number of benzene rings is 2. The lowest BCUT2D eigenvalue weighted by molar-refractivity contribution is 0.815. The van der Waals surface area contributed by atoms with Gasteiger partial charge in [-0.1, -0.05) is 42.0 Å². The van der Waals surface area contributed by atoms with Crippen molar-refractivity contribution in [3.8, 4) is 11.3 Å². The standard InChI is InChI=1S/C19H16N3/c1-14-4-7-16(8-5-14)19-3-2-10-22(19)13-15-6-9-17-12-20-21-18(17)11-15/h3-12H,13H2,1H3,(H,20,21). The first-order valence-electron chi connectivity index (χ1n) is 7.35. The van der Waals surface area contributed by atoms with Gasteiger partial charge in [0, 0.05) is 29.9 Å². The van der Waals surface area contributed by atoms with E-state index in [1.54, 1.807) is 0 Å². The smallest absolute Gasteiger partial charge is 0.0653 e. The van der Waals surface area contributed by atoms with Gasteiger partial charge in [-0.3, -0.25) is 5.10 Å². The first-order valence-corrected chi connectivity index (χ1v) is 7.35. The number of nitrogens with zero attached hydrogens (tertiary/aromatic N) is 2. The topological polar surface area (TPSA) is 33.6 Å². The van der Waals surface area contributed by atoms with Gasteiger partial charge in [0.05, 0.1) is 11.7 Å². The molecule has 0 aliphatic heterocycles. The van der Waals surface area contributed by atoms with Crippen LogP contribution in [0.1, 0.15) is 11.1 Å². The molecule has 0 saturated heterocycles. The van der Waals surface area contributed by atoms with Crippen LogP contribution in [0.2, 0.25) is 0 Å². The number of aromatic nitrogens is 3. The molecular formula is C19H16N3. The van der Waals surface area contributed by atoms with Crippen LogP contribution in [0.25, 0.3) is 22.2 Å². The van der Waals surface area contributed by atoms with Crippen molar-refractivity contribution in [2.24, 2.45) is 0 Å². The normalized spacial score (nSPS) is 11.1. The number of hydrogen-bond acceptors (Lipinski definition) is 1. The summed E-state index contributed by atoms with van der Waals surface area (Å²) in [6.45, 7) is 2.93. The summed E-state index contributed by atoms with van der Waals surface area (Å²) in [5.74, 6) is 0. The predicted octanol–water partition coefficient (Wildman–Crippen LogP) is 4.19. The van der Waals surface area contributed by atoms with Gasteiger partial charge in [0.1, 0.15) is 0 Å². The molecule has 0 atom stereocenters. The molecular weight excluding hydrogens is 270 g/mol. The SMILES string of the molecule is Cc1ccc(-c2c[c]cn2Cc2ccc3cn[nH]c3c2)cc1. The summed E-state index contributed by atoms with van der Waals surface area (Å²) in [6, 6.07) is 20.3. The number of aromatic amines is 1. The zero-order chi connectivity index (χ0) is 14.9. The van der Waals surface area contributed by atoms with Crippen molar-refractivity contribution in [2.75, 3.05) is 0 Å². The number of rotatable bonds is 3. The fourth-order valence-electron chi connectivity index (χ4n) is 2.74. The van der Waals surface area contributed by atoms with Crippen molar-refractivity contribution >= 4 is 10.9 Å². The Morgan fingerprint density at radius 1 is 1.14 bits per heavy atom. The molecule has 2 aromatic carbocycles. The number of hydrogen-bond donors (Lipinski definition) is 1. The molecule has 3 nitrogen and oxygen atoms in total. The Kier molecular flexibility index (Phi) is 3.04. The second-order valence-electron chi connectivity index (χ2n) is 5.61. The summed E-state index contributed by atoms with van der Waals surface area (Å²) >= 11 is 0. The molecule has 107 valence electrons. The summed E-state index contributed by atoms with van der Waals surface area (Å²) in [4.78, 5) is 0. The Bertz CT molecular complexity index is 913. The van der Waals surface area contributed by atoms with Crippen molar-refractivity contribution in [3.05, 3.63) is 78.1 Å². The summed E-state index contributed by atoms with van der Waals surface area (Å²) in [5.41, 5.74) is 6.00. The van der Waals surface area contributed by atoms with Crippen LogP contribution >= 0.6 is 0 Å². The second kappa shape index (κ2) is 5.19. The van der Waals surface area contributed by atoms with E-state index in [2.05, 4.69) is 70.2 Å². The third-order valence-corrected chi connectivity index (χ3v) is 3.97. The second-order valence-corrected chi connectivity index (χ2v) is 5.61. The summed E-state index contributed by atoms with van der Waals surface area (Å²) in [5, 5.41) is 8.24. The molecule has 0 amide bonds. The quantitative estimate of drug-likeness (QED) is 0.602. The Hall–Kier alpha value is -2.81. The van der Waals surface area contributed by atoms with Gasteiger partial charge in [0.2, 0.25) is 0 Å². The lowest BCUT2D eigenvalue weighted by Gasteiger charge is -2.10. The molecule has 1 radical (unpaired) electrons. The molecule has 0 bridgehead atoms. The highest BCUT2D eigenvalue weighted by atomic mass is 15.1. The first kappa shape index (κ1) is 12.9. The molecule has 0 fully saturated rings. The van der Waals surface area contributed by atoms with Crippen LogP contribution in [-0.2, 0) is 6.54 Å². The molecule has 22 heavy (non-hydrogen) atoms. The van der Waals surface area contributed by atoms with E-state index in [-0.39, 0.29) is 0 Å². The van der Waals surface area contributed by atoms with Crippen molar-refractivity contribution < 1.29 is 0 Å². The number of H-pyrrole nitrogens is 1. The Labute approximate surface area is 129 Å². The van der Waals surface area contributed by atoms with Gasteiger partial charge in [-0.2, -0.15) is 5.10 Å². The molecule has 0 saturated carbocycles. The minimum Gasteiger partial charge on any atom is -0.342 e. The van der Waals surface area contributed by atoms with Crippen LogP contribution < -0.4 is 0 Å². The molecule has 2 heterocycles. The average Bonchev–Trinajstić information content (AvgIpc) is 3.17. The highest BCUT2D eigenvalue weighted by Crippen LogP contribution is 2.22. The van der Waals surface area contributed by atoms with E-state index >= 15 is 0 Å². The number of nitrogens with one attached hydrogen (secondary N) is 1. The van der Waals surface area contributed by atoms with E-state index < -0.39 is 0 Å². The molecule has 1 N–H and O–H groups in total. The molecule has 0 aliphatic carbocycles. The van der Waals surface area contributed by atoms with Gasteiger partial charge in [0.15, 0.2) is 0 Å². The van der Waals surface area contributed by atoms with Crippen LogP contribution in [0.3, 0.4) is 0 Å². The van der Waals surface area contributed by atoms with Crippen LogP contribution in [0.15, 0.2) is 60.9 Å². The lowest BCUT2D eigenvalue weighted by Crippen LogP contribution is -2.00. The largest absolute Gasteiger partial charge is 0.342 e. The van der Waals surface area contributed by atoms with E-state index in [0.717, 1.165) is 17.4 Å². The van der Waals surface area contributed by atoms with Gasteiger partial charge in [-0.25, -0.2) is 0 Å². The summed E-state index contributed by atoms with van der Waals surface area (Å²) in [6.07, 6.45) is 3.85. The van der Waals surface area contributed by atoms with Crippen LogP contribution in [0, 0.1) is 13.0 Å². The molecule has 0 aliphatic rings. The Morgan fingerprint density at radius 2 is 2.00 bits per heavy atom. The van der Waals surface area contributed by atoms with E-state index in [1.165, 1.54) is 22.4 Å². The van der Waals surface area contributed by atoms with E-state index in [1.807, 2.05) is 18.5 Å². The lowest BCUT2D eigenvalue weighted by atomic mass is 10.1. The maximum absolute atomic E-state index is 4.07. The maximum atomic E-state index is 4.07. The van der Waals surface area contributed by atoms with Crippen molar-refractivity contribution in [3.63, 3.8) is 0 Å². The van der Waals surface area contributed by atoms with Crippen LogP contribution in [0.5, 0.6) is 0 Å². The van der Waals surface area contributed by atoms with Gasteiger partial charge in [-0.15, -0.1) is 0 Å². The highest BCUT2D eigenvalue weighted by Gasteiger charge is 2.06. The molecule has 3 heteroatoms. The molecule has 0 unspecified atom stereocenters. The fourth-order valence-corrected chi connectivity index (χ4v) is 2.74. The monoisotopic (exact) mass is 286 g/mol. The Balaban J connectivity index is 1.68. The minimum atomic E-state index is 0.821. The van der Waals surface area contributed by atoms with Gasteiger partial charge >= 0.3 is 0 Å². The van der Waals surface area contributed by atoms with Gasteiger partial charge in [0.25, 0.3) is 0 Å². The molecule has 4 aromatic rings. The average molecular weight is 286 g/mol. The van der Waals surface area contributed by atoms with Crippen LogP contribution in [-0.4, -0.2) is 14.8 Å². The molecule has 0 spiro atoms. The fraction of sp³-hybridized carbons (Fsp3) is 0.105. The maximum Gasteiger partial charge on any atom is 0.0653 e. The third-order valence-electron chi connectivity index (χ3n) is 3.97. The zero-order valence-electron chi connectivity index (χ0n) is 12.4. The van der Waals surface area contributed by atoms with Gasteiger partial charge in [-0.05, 0) is 30.2 Å². The minimum absolute atomic E-state index is 0.821. The highest BCUT2D eigenvalue weighted by molar-refractivity contribution is 5.78. The summed E-state index contributed by atoms with van der Waals surface area (Å²) in [7, 11) is 0. The van der Waals surface area contributed by atoms with Gasteiger partial charge < -0.3 is 4.57 Å². The first-order chi connectivity index (χ1) is 10.8. The Morgan fingerprint density at radius 3 is 2.86 bits per heavy atom. The summed E-state index contributed by atoms with van der Waals surface area (Å²) < 4.78 is 2.22. The van der Waals surface area contributed by atoms with Crippen LogP contribution in [0.4, 0.5) is 0 Å². The van der Waals surface area contributed by atoms with Crippen molar-refractivity contribution in [1.82, 2.24) is 14.8 Å². The predicted molar refractivity (Wildman–Crippen MR) is 88.6 cm³/mol. The third kappa shape index (κ3) is 2.31. The van der Waals surface area contributed by atoms with E-state index in [9.17, 15) is 0 Å². The molecule has 4 rings (SSSR count). The zero-order valence-corrected chi connectivity index (χ0v) is 12.4. The van der Waals surface area contributed by atoms with Crippen molar-refractivity contribution in [1.29, 1.82) is 0 Å².